The summed E-state index contributed by atoms with van der Waals surface area (Å²) in [6.07, 6.45) is 3.53. The van der Waals surface area contributed by atoms with Gasteiger partial charge < -0.3 is 14.6 Å². The molecule has 0 bridgehead atoms. The third-order valence-electron chi connectivity index (χ3n) is 5.97. The summed E-state index contributed by atoms with van der Waals surface area (Å²) in [6, 6.07) is 14.2. The van der Waals surface area contributed by atoms with Gasteiger partial charge in [-0.25, -0.2) is 4.39 Å². The van der Waals surface area contributed by atoms with Gasteiger partial charge in [0.1, 0.15) is 6.61 Å². The Morgan fingerprint density at radius 2 is 1.89 bits per heavy atom. The number of nitrogens with zero attached hydrogens (tertiary/aromatic N) is 2. The molecule has 1 saturated heterocycles. The normalized spacial score (nSPS) is 20.2. The van der Waals surface area contributed by atoms with Crippen molar-refractivity contribution in [3.05, 3.63) is 65.8 Å². The smallest absolute Gasteiger partial charge is 0.230 e. The summed E-state index contributed by atoms with van der Waals surface area (Å²) < 4.78 is 24.7. The van der Waals surface area contributed by atoms with Crippen LogP contribution in [0.25, 0.3) is 11.4 Å². The van der Waals surface area contributed by atoms with Crippen LogP contribution in [-0.4, -0.2) is 23.2 Å². The van der Waals surface area contributed by atoms with E-state index in [1.807, 2.05) is 24.3 Å². The first kappa shape index (κ1) is 17.4. The van der Waals surface area contributed by atoms with Crippen molar-refractivity contribution >= 4 is 0 Å². The van der Waals surface area contributed by atoms with Crippen molar-refractivity contribution in [2.75, 3.05) is 13.1 Å². The van der Waals surface area contributed by atoms with Crippen LogP contribution in [0.2, 0.25) is 0 Å². The monoisotopic (exact) mass is 379 g/mol. The van der Waals surface area contributed by atoms with Gasteiger partial charge in [0.15, 0.2) is 11.6 Å². The van der Waals surface area contributed by atoms with Crippen LogP contribution in [-0.2, 0) is 6.61 Å². The molecule has 1 atom stereocenters. The number of benzene rings is 2. The second-order valence-electron chi connectivity index (χ2n) is 7.74. The lowest BCUT2D eigenvalue weighted by molar-refractivity contribution is 0.290. The predicted octanol–water partition coefficient (Wildman–Crippen LogP) is 4.31. The number of aromatic nitrogens is 2. The van der Waals surface area contributed by atoms with E-state index in [2.05, 4.69) is 15.5 Å². The average Bonchev–Trinajstić information content (AvgIpc) is 3.19. The highest BCUT2D eigenvalue weighted by Gasteiger charge is 2.57. The van der Waals surface area contributed by atoms with Gasteiger partial charge in [0.05, 0.1) is 0 Å². The van der Waals surface area contributed by atoms with Crippen molar-refractivity contribution in [3.8, 4) is 17.1 Å². The molecule has 2 heterocycles. The van der Waals surface area contributed by atoms with Crippen LogP contribution in [0.1, 0.15) is 36.6 Å². The van der Waals surface area contributed by atoms with Gasteiger partial charge in [-0.3, -0.25) is 0 Å². The first-order valence-corrected chi connectivity index (χ1v) is 9.74. The van der Waals surface area contributed by atoms with Crippen molar-refractivity contribution in [2.45, 2.75) is 31.8 Å². The molecule has 0 radical (unpaired) electrons. The maximum atomic E-state index is 13.6. The molecule has 5 rings (SSSR count). The topological polar surface area (TPSA) is 60.2 Å². The molecule has 2 aliphatic rings. The summed E-state index contributed by atoms with van der Waals surface area (Å²) >= 11 is 0. The summed E-state index contributed by atoms with van der Waals surface area (Å²) in [4.78, 5) is 4.65. The zero-order chi connectivity index (χ0) is 19.0. The molecular formula is C22H22FN3O2. The molecule has 2 fully saturated rings. The number of hydrogen-bond acceptors (Lipinski definition) is 5. The second-order valence-corrected chi connectivity index (χ2v) is 7.74. The molecule has 6 heteroatoms. The first-order chi connectivity index (χ1) is 13.7. The molecule has 28 heavy (non-hydrogen) atoms. The van der Waals surface area contributed by atoms with E-state index in [9.17, 15) is 4.39 Å². The molecule has 1 aromatic heterocycles. The SMILES string of the molecule is Fc1ccccc1OCc1ccc(-c2noc(C3CC34CCNCC4)n2)cc1. The van der Waals surface area contributed by atoms with Crippen LogP contribution in [0.15, 0.2) is 53.1 Å². The fourth-order valence-electron chi connectivity index (χ4n) is 4.14. The number of halogens is 1. The molecule has 0 amide bonds. The maximum Gasteiger partial charge on any atom is 0.230 e. The Labute approximate surface area is 162 Å². The Balaban J connectivity index is 1.24. The van der Waals surface area contributed by atoms with Gasteiger partial charge in [-0.1, -0.05) is 41.6 Å². The Morgan fingerprint density at radius 3 is 2.68 bits per heavy atom. The van der Waals surface area contributed by atoms with E-state index in [0.29, 0.717) is 23.8 Å². The predicted molar refractivity (Wildman–Crippen MR) is 102 cm³/mol. The number of para-hydroxylation sites is 1. The first-order valence-electron chi connectivity index (χ1n) is 9.74. The van der Waals surface area contributed by atoms with Crippen LogP contribution in [0, 0.1) is 11.2 Å². The highest BCUT2D eigenvalue weighted by Crippen LogP contribution is 2.63. The third kappa shape index (κ3) is 3.29. The lowest BCUT2D eigenvalue weighted by Crippen LogP contribution is -2.29. The molecular weight excluding hydrogens is 357 g/mol. The second kappa shape index (κ2) is 7.02. The molecule has 2 aromatic carbocycles. The van der Waals surface area contributed by atoms with Crippen molar-refractivity contribution in [1.82, 2.24) is 15.5 Å². The van der Waals surface area contributed by atoms with Crippen LogP contribution < -0.4 is 10.1 Å². The molecule has 1 aliphatic heterocycles. The van der Waals surface area contributed by atoms with Crippen LogP contribution in [0.5, 0.6) is 5.75 Å². The van der Waals surface area contributed by atoms with E-state index in [1.165, 1.54) is 18.9 Å². The summed E-state index contributed by atoms with van der Waals surface area (Å²) in [5.74, 6) is 1.69. The number of rotatable bonds is 5. The van der Waals surface area contributed by atoms with E-state index in [1.54, 1.807) is 18.2 Å². The summed E-state index contributed by atoms with van der Waals surface area (Å²) in [5.41, 5.74) is 2.24. The Morgan fingerprint density at radius 1 is 1.11 bits per heavy atom. The Bertz CT molecular complexity index is 964. The van der Waals surface area contributed by atoms with Gasteiger partial charge in [0, 0.05) is 11.5 Å². The van der Waals surface area contributed by atoms with Gasteiger partial charge in [-0.05, 0) is 55.5 Å². The molecule has 1 unspecified atom stereocenters. The van der Waals surface area contributed by atoms with Gasteiger partial charge in [-0.2, -0.15) is 4.98 Å². The quantitative estimate of drug-likeness (QED) is 0.716. The minimum Gasteiger partial charge on any atom is -0.486 e. The largest absolute Gasteiger partial charge is 0.486 e. The fourth-order valence-corrected chi connectivity index (χ4v) is 4.14. The zero-order valence-corrected chi connectivity index (χ0v) is 15.5. The van der Waals surface area contributed by atoms with E-state index in [-0.39, 0.29) is 11.6 Å². The van der Waals surface area contributed by atoms with Gasteiger partial charge in [0.25, 0.3) is 0 Å². The summed E-state index contributed by atoms with van der Waals surface area (Å²) in [7, 11) is 0. The van der Waals surface area contributed by atoms with Crippen molar-refractivity contribution < 1.29 is 13.7 Å². The van der Waals surface area contributed by atoms with Crippen molar-refractivity contribution in [2.24, 2.45) is 5.41 Å². The van der Waals surface area contributed by atoms with Gasteiger partial charge in [0.2, 0.25) is 11.7 Å². The minimum atomic E-state index is -0.356. The van der Waals surface area contributed by atoms with Crippen LogP contribution in [0.3, 0.4) is 0 Å². The Kier molecular flexibility index (Phi) is 4.36. The molecule has 1 N–H and O–H groups in total. The van der Waals surface area contributed by atoms with E-state index >= 15 is 0 Å². The summed E-state index contributed by atoms with van der Waals surface area (Å²) in [6.45, 7) is 2.46. The lowest BCUT2D eigenvalue weighted by Gasteiger charge is -2.22. The molecule has 144 valence electrons. The highest BCUT2D eigenvalue weighted by molar-refractivity contribution is 5.54. The van der Waals surface area contributed by atoms with Crippen molar-refractivity contribution in [3.63, 3.8) is 0 Å². The van der Waals surface area contributed by atoms with Crippen molar-refractivity contribution in [1.29, 1.82) is 0 Å². The molecule has 1 spiro atoms. The number of nitrogens with one attached hydrogen (secondary N) is 1. The standard InChI is InChI=1S/C22H22FN3O2/c23-18-3-1-2-4-19(18)27-14-15-5-7-16(8-6-15)20-25-21(28-26-20)17-13-22(17)9-11-24-12-10-22/h1-8,17,24H,9-14H2. The third-order valence-corrected chi connectivity index (χ3v) is 5.97. The number of ether oxygens (including phenoxy) is 1. The average molecular weight is 379 g/mol. The minimum absolute atomic E-state index is 0.255. The fraction of sp³-hybridized carbons (Fsp3) is 0.364. The van der Waals surface area contributed by atoms with Crippen LogP contribution in [0.4, 0.5) is 4.39 Å². The van der Waals surface area contributed by atoms with Gasteiger partial charge >= 0.3 is 0 Å². The maximum absolute atomic E-state index is 13.6. The van der Waals surface area contributed by atoms with E-state index < -0.39 is 0 Å². The molecule has 3 aromatic rings. The molecule has 5 nitrogen and oxygen atoms in total. The molecule has 1 aliphatic carbocycles. The van der Waals surface area contributed by atoms with E-state index in [0.717, 1.165) is 36.5 Å². The van der Waals surface area contributed by atoms with Crippen LogP contribution >= 0.6 is 0 Å². The number of hydrogen-bond donors (Lipinski definition) is 1. The zero-order valence-electron chi connectivity index (χ0n) is 15.5. The lowest BCUT2D eigenvalue weighted by atomic mass is 9.92. The Hall–Kier alpha value is -2.73. The molecule has 1 saturated carbocycles. The number of piperidine rings is 1. The van der Waals surface area contributed by atoms with E-state index in [4.69, 9.17) is 9.26 Å². The van der Waals surface area contributed by atoms with Gasteiger partial charge in [-0.15, -0.1) is 0 Å². The highest BCUT2D eigenvalue weighted by atomic mass is 19.1. The summed E-state index contributed by atoms with van der Waals surface area (Å²) in [5, 5.41) is 7.59.